The molecule has 0 aliphatic heterocycles. The van der Waals surface area contributed by atoms with E-state index in [2.05, 4.69) is 10.4 Å². The molecule has 3 heteroatoms. The van der Waals surface area contributed by atoms with Crippen LogP contribution in [0.15, 0.2) is 11.6 Å². The van der Waals surface area contributed by atoms with Crippen LogP contribution in [-0.4, -0.2) is 11.0 Å². The van der Waals surface area contributed by atoms with Crippen molar-refractivity contribution in [3.8, 4) is 0 Å². The molecule has 4 aliphatic carbocycles. The third-order valence-electron chi connectivity index (χ3n) is 5.78. The molecule has 1 aromatic heterocycles. The van der Waals surface area contributed by atoms with Crippen LogP contribution in [-0.2, 0) is 6.42 Å². The molecule has 0 amide bonds. The Bertz CT molecular complexity index is 404. The molecule has 4 saturated carbocycles. The monoisotopic (exact) mass is 276 g/mol. The van der Waals surface area contributed by atoms with E-state index < -0.39 is 0 Å². The van der Waals surface area contributed by atoms with E-state index in [0.29, 0.717) is 11.5 Å². The molecule has 5 rings (SSSR count). The predicted octanol–water partition coefficient (Wildman–Crippen LogP) is 3.62. The van der Waals surface area contributed by atoms with Gasteiger partial charge in [-0.15, -0.1) is 11.3 Å². The summed E-state index contributed by atoms with van der Waals surface area (Å²) in [6.45, 7) is 0. The topological polar surface area (TPSA) is 38.9 Å². The van der Waals surface area contributed by atoms with Crippen LogP contribution >= 0.6 is 11.3 Å². The first-order valence-electron chi connectivity index (χ1n) is 7.85. The van der Waals surface area contributed by atoms with Crippen molar-refractivity contribution >= 4 is 11.3 Å². The molecule has 4 aliphatic rings. The normalized spacial score (nSPS) is 41.6. The molecule has 1 heterocycles. The third kappa shape index (κ3) is 2.36. The molecular formula is C16H24N2S. The molecule has 2 nitrogen and oxygen atoms in total. The average molecular weight is 276 g/mol. The highest BCUT2D eigenvalue weighted by molar-refractivity contribution is 7.09. The predicted molar refractivity (Wildman–Crippen MR) is 79.0 cm³/mol. The summed E-state index contributed by atoms with van der Waals surface area (Å²) in [6.07, 6.45) is 13.1. The smallest absolute Gasteiger partial charge is 0.0940 e. The third-order valence-corrected chi connectivity index (χ3v) is 6.58. The van der Waals surface area contributed by atoms with Crippen molar-refractivity contribution in [2.45, 2.75) is 57.4 Å². The van der Waals surface area contributed by atoms with E-state index in [0.717, 1.165) is 24.2 Å². The van der Waals surface area contributed by atoms with Gasteiger partial charge in [-0.25, -0.2) is 4.98 Å². The Morgan fingerprint density at radius 3 is 2.37 bits per heavy atom. The minimum Gasteiger partial charge on any atom is -0.327 e. The number of rotatable bonds is 4. The van der Waals surface area contributed by atoms with Gasteiger partial charge < -0.3 is 5.73 Å². The highest BCUT2D eigenvalue weighted by atomic mass is 32.1. The molecule has 104 valence electrons. The van der Waals surface area contributed by atoms with Gasteiger partial charge in [0.15, 0.2) is 0 Å². The molecular weight excluding hydrogens is 252 g/mol. The van der Waals surface area contributed by atoms with Crippen molar-refractivity contribution in [2.75, 3.05) is 0 Å². The van der Waals surface area contributed by atoms with Gasteiger partial charge in [0.2, 0.25) is 0 Å². The van der Waals surface area contributed by atoms with Crippen LogP contribution in [0.2, 0.25) is 0 Å². The Balaban J connectivity index is 1.44. The first-order valence-corrected chi connectivity index (χ1v) is 8.73. The van der Waals surface area contributed by atoms with E-state index >= 15 is 0 Å². The van der Waals surface area contributed by atoms with Crippen LogP contribution < -0.4 is 5.73 Å². The van der Waals surface area contributed by atoms with E-state index in [4.69, 9.17) is 5.73 Å². The summed E-state index contributed by atoms with van der Waals surface area (Å²) in [5.74, 6) is 3.12. The summed E-state index contributed by atoms with van der Waals surface area (Å²) in [5, 5.41) is 3.28. The maximum absolute atomic E-state index is 6.45. The van der Waals surface area contributed by atoms with E-state index in [9.17, 15) is 0 Å². The van der Waals surface area contributed by atoms with Gasteiger partial charge in [0.25, 0.3) is 0 Å². The lowest BCUT2D eigenvalue weighted by atomic mass is 9.48. The van der Waals surface area contributed by atoms with Crippen molar-refractivity contribution in [3.05, 3.63) is 16.6 Å². The van der Waals surface area contributed by atoms with E-state index in [1.54, 1.807) is 11.3 Å². The molecule has 2 N–H and O–H groups in total. The second kappa shape index (κ2) is 4.56. The molecule has 0 spiro atoms. The van der Waals surface area contributed by atoms with Crippen LogP contribution in [0.1, 0.15) is 50.0 Å². The molecule has 19 heavy (non-hydrogen) atoms. The van der Waals surface area contributed by atoms with Gasteiger partial charge >= 0.3 is 0 Å². The Hall–Kier alpha value is -0.410. The zero-order valence-corrected chi connectivity index (χ0v) is 12.4. The first kappa shape index (κ1) is 12.3. The lowest BCUT2D eigenvalue weighted by Crippen LogP contribution is -2.48. The number of hydrogen-bond donors (Lipinski definition) is 1. The molecule has 1 aromatic rings. The van der Waals surface area contributed by atoms with Gasteiger partial charge in [-0.2, -0.15) is 0 Å². The Morgan fingerprint density at radius 2 is 1.84 bits per heavy atom. The quantitative estimate of drug-likeness (QED) is 0.912. The molecule has 0 aromatic carbocycles. The highest BCUT2D eigenvalue weighted by Gasteiger charge is 2.50. The summed E-state index contributed by atoms with van der Waals surface area (Å²) in [7, 11) is 0. The molecule has 0 radical (unpaired) electrons. The zero-order chi connectivity index (χ0) is 12.9. The fourth-order valence-electron chi connectivity index (χ4n) is 5.75. The minimum absolute atomic E-state index is 0.322. The Labute approximate surface area is 119 Å². The van der Waals surface area contributed by atoms with Crippen LogP contribution in [0.5, 0.6) is 0 Å². The summed E-state index contributed by atoms with van der Waals surface area (Å²) < 4.78 is 0. The lowest BCUT2D eigenvalue weighted by Gasteiger charge is -2.57. The summed E-state index contributed by atoms with van der Waals surface area (Å²) in [4.78, 5) is 4.39. The van der Waals surface area contributed by atoms with Crippen LogP contribution in [0.3, 0.4) is 0 Å². The van der Waals surface area contributed by atoms with E-state index in [1.807, 2.05) is 6.20 Å². The molecule has 0 saturated heterocycles. The fraction of sp³-hybridized carbons (Fsp3) is 0.812. The zero-order valence-electron chi connectivity index (χ0n) is 11.6. The van der Waals surface area contributed by atoms with Gasteiger partial charge in [0.1, 0.15) is 0 Å². The van der Waals surface area contributed by atoms with Gasteiger partial charge in [-0.3, -0.25) is 0 Å². The van der Waals surface area contributed by atoms with Crippen molar-refractivity contribution in [1.29, 1.82) is 0 Å². The molecule has 1 atom stereocenters. The Kier molecular flexibility index (Phi) is 2.96. The second-order valence-electron chi connectivity index (χ2n) is 7.51. The maximum Gasteiger partial charge on any atom is 0.0940 e. The Morgan fingerprint density at radius 1 is 1.21 bits per heavy atom. The van der Waals surface area contributed by atoms with E-state index in [-0.39, 0.29) is 0 Å². The summed E-state index contributed by atoms with van der Waals surface area (Å²) in [6, 6.07) is 0.322. The van der Waals surface area contributed by atoms with Gasteiger partial charge in [-0.1, -0.05) is 0 Å². The van der Waals surface area contributed by atoms with Crippen molar-refractivity contribution < 1.29 is 0 Å². The van der Waals surface area contributed by atoms with Crippen molar-refractivity contribution in [1.82, 2.24) is 4.98 Å². The SMILES string of the molecule is NC(Cc1nccs1)CC12CC3CC(CC(C3)C1)C2. The standard InChI is InChI=1S/C16H24N2S/c17-14(6-15-18-1-2-19-15)10-16-7-11-3-12(8-16)5-13(4-11)9-16/h1-2,11-14H,3-10,17H2. The van der Waals surface area contributed by atoms with Crippen LogP contribution in [0, 0.1) is 23.2 Å². The highest BCUT2D eigenvalue weighted by Crippen LogP contribution is 2.61. The number of thiazole rings is 1. The minimum atomic E-state index is 0.322. The number of nitrogens with zero attached hydrogens (tertiary/aromatic N) is 1. The van der Waals surface area contributed by atoms with Gasteiger partial charge in [0.05, 0.1) is 5.01 Å². The van der Waals surface area contributed by atoms with Gasteiger partial charge in [-0.05, 0) is 68.1 Å². The largest absolute Gasteiger partial charge is 0.327 e. The van der Waals surface area contributed by atoms with Crippen LogP contribution in [0.25, 0.3) is 0 Å². The van der Waals surface area contributed by atoms with Crippen molar-refractivity contribution in [3.63, 3.8) is 0 Å². The average Bonchev–Trinajstić information content (AvgIpc) is 2.78. The number of hydrogen-bond acceptors (Lipinski definition) is 3. The molecule has 4 bridgehead atoms. The van der Waals surface area contributed by atoms with Crippen molar-refractivity contribution in [2.24, 2.45) is 28.9 Å². The maximum atomic E-state index is 6.45. The van der Waals surface area contributed by atoms with Crippen LogP contribution in [0.4, 0.5) is 0 Å². The number of aromatic nitrogens is 1. The fourth-order valence-corrected chi connectivity index (χ4v) is 6.46. The molecule has 1 unspecified atom stereocenters. The lowest BCUT2D eigenvalue weighted by molar-refractivity contribution is -0.0602. The molecule has 4 fully saturated rings. The number of nitrogens with two attached hydrogens (primary N) is 1. The summed E-state index contributed by atoms with van der Waals surface area (Å²) in [5.41, 5.74) is 7.07. The first-order chi connectivity index (χ1) is 9.21. The van der Waals surface area contributed by atoms with Gasteiger partial charge in [0, 0.05) is 24.0 Å². The second-order valence-corrected chi connectivity index (χ2v) is 8.49. The van der Waals surface area contributed by atoms with E-state index in [1.165, 1.54) is 50.0 Å². The summed E-state index contributed by atoms with van der Waals surface area (Å²) >= 11 is 1.75.